The van der Waals surface area contributed by atoms with Crippen LogP contribution in [0.25, 0.3) is 0 Å². The van der Waals surface area contributed by atoms with E-state index < -0.39 is 0 Å². The first-order valence-electron chi connectivity index (χ1n) is 5.43. The molecule has 0 amide bonds. The van der Waals surface area contributed by atoms with Crippen LogP contribution in [0.15, 0.2) is 0 Å². The molecular weight excluding hydrogens is 132 g/mol. The van der Waals surface area contributed by atoms with Crippen LogP contribution >= 0.6 is 0 Å². The number of fused-ring (bicyclic) bond motifs is 1. The first-order valence-corrected chi connectivity index (χ1v) is 5.43. The first kappa shape index (κ1) is 7.64. The highest BCUT2D eigenvalue weighted by atomic mass is 14.5. The highest BCUT2D eigenvalue weighted by Gasteiger charge is 2.49. The van der Waals surface area contributed by atoms with E-state index in [1.165, 1.54) is 43.4 Å². The van der Waals surface area contributed by atoms with Gasteiger partial charge in [-0.3, -0.25) is 0 Å². The average molecular weight is 152 g/mol. The van der Waals surface area contributed by atoms with Crippen molar-refractivity contribution in [2.45, 2.75) is 51.9 Å². The summed E-state index contributed by atoms with van der Waals surface area (Å²) in [5.41, 5.74) is 0. The molecule has 0 heteroatoms. The maximum Gasteiger partial charge on any atom is -0.0352 e. The SMILES string of the molecule is CCCCC1C2CCCCC12. The zero-order valence-corrected chi connectivity index (χ0v) is 7.68. The van der Waals surface area contributed by atoms with Gasteiger partial charge in [-0.2, -0.15) is 0 Å². The van der Waals surface area contributed by atoms with Gasteiger partial charge in [-0.15, -0.1) is 0 Å². The molecule has 0 bridgehead atoms. The number of hydrogen-bond donors (Lipinski definition) is 0. The summed E-state index contributed by atoms with van der Waals surface area (Å²) in [6.07, 6.45) is 10.6. The molecule has 2 saturated carbocycles. The van der Waals surface area contributed by atoms with Crippen molar-refractivity contribution in [1.29, 1.82) is 0 Å². The third-order valence-electron chi connectivity index (χ3n) is 3.72. The topological polar surface area (TPSA) is 0 Å². The minimum absolute atomic E-state index is 1.18. The molecule has 2 aliphatic rings. The van der Waals surface area contributed by atoms with Gasteiger partial charge in [0.05, 0.1) is 0 Å². The Labute approximate surface area is 70.4 Å². The van der Waals surface area contributed by atoms with Gasteiger partial charge in [0.1, 0.15) is 0 Å². The van der Waals surface area contributed by atoms with Gasteiger partial charge < -0.3 is 0 Å². The second-order valence-corrected chi connectivity index (χ2v) is 4.42. The lowest BCUT2D eigenvalue weighted by Crippen LogP contribution is -1.91. The van der Waals surface area contributed by atoms with Crippen molar-refractivity contribution in [2.75, 3.05) is 0 Å². The molecule has 0 aromatic carbocycles. The zero-order chi connectivity index (χ0) is 7.68. The van der Waals surface area contributed by atoms with E-state index in [9.17, 15) is 0 Å². The van der Waals surface area contributed by atoms with E-state index in [0.29, 0.717) is 0 Å². The largest absolute Gasteiger partial charge is 0.0654 e. The highest BCUT2D eigenvalue weighted by molar-refractivity contribution is 4.98. The Morgan fingerprint density at radius 1 is 1.09 bits per heavy atom. The van der Waals surface area contributed by atoms with Crippen molar-refractivity contribution < 1.29 is 0 Å². The van der Waals surface area contributed by atoms with E-state index in [4.69, 9.17) is 0 Å². The molecule has 0 aromatic rings. The molecule has 0 spiro atoms. The average Bonchev–Trinajstić information content (AvgIpc) is 2.75. The lowest BCUT2D eigenvalue weighted by atomic mass is 10.0. The molecule has 2 aliphatic carbocycles. The molecule has 0 radical (unpaired) electrons. The summed E-state index contributed by atoms with van der Waals surface area (Å²) in [7, 11) is 0. The van der Waals surface area contributed by atoms with Crippen molar-refractivity contribution >= 4 is 0 Å². The molecule has 0 aromatic heterocycles. The van der Waals surface area contributed by atoms with Crippen LogP contribution in [0.1, 0.15) is 51.9 Å². The summed E-state index contributed by atoms with van der Waals surface area (Å²) >= 11 is 0. The fourth-order valence-corrected chi connectivity index (χ4v) is 3.01. The summed E-state index contributed by atoms with van der Waals surface area (Å²) < 4.78 is 0. The third-order valence-corrected chi connectivity index (χ3v) is 3.72. The minimum Gasteiger partial charge on any atom is -0.0654 e. The van der Waals surface area contributed by atoms with Crippen LogP contribution in [-0.4, -0.2) is 0 Å². The van der Waals surface area contributed by atoms with Crippen LogP contribution in [0.4, 0.5) is 0 Å². The van der Waals surface area contributed by atoms with E-state index in [2.05, 4.69) is 6.92 Å². The monoisotopic (exact) mass is 152 g/mol. The molecule has 0 saturated heterocycles. The smallest absolute Gasteiger partial charge is 0.0352 e. The standard InChI is InChI=1S/C11H20/c1-2-3-6-9-10-7-4-5-8-11(9)10/h9-11H,2-8H2,1H3. The van der Waals surface area contributed by atoms with E-state index in [0.717, 1.165) is 0 Å². The van der Waals surface area contributed by atoms with Crippen molar-refractivity contribution in [3.05, 3.63) is 0 Å². The van der Waals surface area contributed by atoms with Crippen LogP contribution in [0, 0.1) is 17.8 Å². The Morgan fingerprint density at radius 2 is 1.73 bits per heavy atom. The van der Waals surface area contributed by atoms with Crippen molar-refractivity contribution in [3.8, 4) is 0 Å². The Balaban J connectivity index is 1.72. The quantitative estimate of drug-likeness (QED) is 0.579. The normalized spacial score (nSPS) is 41.7. The summed E-state index contributed by atoms with van der Waals surface area (Å²) in [4.78, 5) is 0. The van der Waals surface area contributed by atoms with E-state index in [1.807, 2.05) is 0 Å². The Hall–Kier alpha value is 0. The van der Waals surface area contributed by atoms with Crippen LogP contribution in [-0.2, 0) is 0 Å². The van der Waals surface area contributed by atoms with Crippen LogP contribution in [0.2, 0.25) is 0 Å². The molecule has 2 fully saturated rings. The Morgan fingerprint density at radius 3 is 2.27 bits per heavy atom. The van der Waals surface area contributed by atoms with Crippen molar-refractivity contribution in [3.63, 3.8) is 0 Å². The second kappa shape index (κ2) is 3.16. The number of hydrogen-bond acceptors (Lipinski definition) is 0. The molecule has 0 heterocycles. The molecule has 0 nitrogen and oxygen atoms in total. The maximum atomic E-state index is 2.31. The van der Waals surface area contributed by atoms with E-state index in [-0.39, 0.29) is 0 Å². The van der Waals surface area contributed by atoms with E-state index in [1.54, 1.807) is 19.3 Å². The Bertz CT molecular complexity index is 116. The summed E-state index contributed by atoms with van der Waals surface area (Å²) in [6.45, 7) is 2.31. The predicted molar refractivity (Wildman–Crippen MR) is 48.5 cm³/mol. The molecule has 11 heavy (non-hydrogen) atoms. The molecule has 64 valence electrons. The van der Waals surface area contributed by atoms with Gasteiger partial charge in [-0.1, -0.05) is 32.6 Å². The third kappa shape index (κ3) is 1.45. The van der Waals surface area contributed by atoms with Gasteiger partial charge in [0.25, 0.3) is 0 Å². The zero-order valence-electron chi connectivity index (χ0n) is 7.68. The molecule has 2 atom stereocenters. The van der Waals surface area contributed by atoms with Gasteiger partial charge in [0.2, 0.25) is 0 Å². The van der Waals surface area contributed by atoms with Gasteiger partial charge in [0.15, 0.2) is 0 Å². The summed E-state index contributed by atoms with van der Waals surface area (Å²) in [5.74, 6) is 3.56. The van der Waals surface area contributed by atoms with Crippen LogP contribution in [0.5, 0.6) is 0 Å². The van der Waals surface area contributed by atoms with E-state index >= 15 is 0 Å². The van der Waals surface area contributed by atoms with Crippen molar-refractivity contribution in [2.24, 2.45) is 17.8 Å². The predicted octanol–water partition coefficient (Wildman–Crippen LogP) is 3.61. The summed E-state index contributed by atoms with van der Waals surface area (Å²) in [5, 5.41) is 0. The maximum absolute atomic E-state index is 2.31. The van der Waals surface area contributed by atoms with Gasteiger partial charge in [-0.05, 0) is 37.0 Å². The molecule has 0 aliphatic heterocycles. The Kier molecular flexibility index (Phi) is 2.20. The number of rotatable bonds is 3. The fraction of sp³-hybridized carbons (Fsp3) is 1.00. The molecule has 2 unspecified atom stereocenters. The summed E-state index contributed by atoms with van der Waals surface area (Å²) in [6, 6.07) is 0. The minimum atomic E-state index is 1.18. The van der Waals surface area contributed by atoms with Gasteiger partial charge in [0, 0.05) is 0 Å². The van der Waals surface area contributed by atoms with Crippen LogP contribution < -0.4 is 0 Å². The van der Waals surface area contributed by atoms with Gasteiger partial charge in [-0.25, -0.2) is 0 Å². The highest BCUT2D eigenvalue weighted by Crippen LogP contribution is 2.57. The first-order chi connectivity index (χ1) is 5.43. The second-order valence-electron chi connectivity index (χ2n) is 4.42. The molecule has 2 rings (SSSR count). The number of unbranched alkanes of at least 4 members (excludes halogenated alkanes) is 1. The molecule has 0 N–H and O–H groups in total. The van der Waals surface area contributed by atoms with Crippen molar-refractivity contribution in [1.82, 2.24) is 0 Å². The lowest BCUT2D eigenvalue weighted by molar-refractivity contribution is 0.480. The fourth-order valence-electron chi connectivity index (χ4n) is 3.01. The lowest BCUT2D eigenvalue weighted by Gasteiger charge is -2.05. The van der Waals surface area contributed by atoms with Gasteiger partial charge >= 0.3 is 0 Å². The molecular formula is C11H20. The van der Waals surface area contributed by atoms with Crippen LogP contribution in [0.3, 0.4) is 0 Å².